The lowest BCUT2D eigenvalue weighted by Crippen LogP contribution is -2.01. The minimum absolute atomic E-state index is 0.106. The monoisotopic (exact) mass is 351 g/mol. The minimum atomic E-state index is -0.470. The number of hydrogen-bond acceptors (Lipinski definition) is 3. The maximum absolute atomic E-state index is 13.7. The maximum atomic E-state index is 13.7. The smallest absolute Gasteiger partial charge is 0.181 e. The largest absolute Gasteiger partial charge is 0.250 e. The molecule has 0 fully saturated rings. The lowest BCUT2D eigenvalue weighted by Gasteiger charge is -2.09. The molecular formula is C16H9Cl2F2N3. The lowest BCUT2D eigenvalue weighted by molar-refractivity contribution is 0.614. The Balaban J connectivity index is 1.98. The van der Waals surface area contributed by atoms with Crippen molar-refractivity contribution < 1.29 is 8.78 Å². The molecule has 1 aromatic carbocycles. The zero-order chi connectivity index (χ0) is 16.4. The molecule has 0 aliphatic heterocycles. The number of nitrogens with zero attached hydrogens (tertiary/aromatic N) is 3. The molecule has 0 aliphatic carbocycles. The number of halogens is 4. The summed E-state index contributed by atoms with van der Waals surface area (Å²) in [6.07, 6.45) is 1.22. The fraction of sp³-hybridized carbons (Fsp3) is 0.0625. The number of aromatic nitrogens is 3. The molecule has 116 valence electrons. The lowest BCUT2D eigenvalue weighted by atomic mass is 10.1. The molecule has 0 unspecified atom stereocenters. The van der Waals surface area contributed by atoms with E-state index in [1.807, 2.05) is 0 Å². The van der Waals surface area contributed by atoms with E-state index in [-0.39, 0.29) is 28.4 Å². The quantitative estimate of drug-likeness (QED) is 0.641. The van der Waals surface area contributed by atoms with Crippen molar-refractivity contribution in [3.05, 3.63) is 75.7 Å². The molecule has 3 aromatic rings. The molecule has 2 heterocycles. The van der Waals surface area contributed by atoms with Crippen molar-refractivity contribution in [2.24, 2.45) is 0 Å². The van der Waals surface area contributed by atoms with Gasteiger partial charge in [0.15, 0.2) is 5.82 Å². The highest BCUT2D eigenvalue weighted by Gasteiger charge is 2.15. The van der Waals surface area contributed by atoms with Crippen LogP contribution in [-0.2, 0) is 6.42 Å². The number of hydrogen-bond donors (Lipinski definition) is 0. The Morgan fingerprint density at radius 3 is 2.22 bits per heavy atom. The van der Waals surface area contributed by atoms with Crippen molar-refractivity contribution in [3.63, 3.8) is 0 Å². The third kappa shape index (κ3) is 3.46. The van der Waals surface area contributed by atoms with E-state index in [1.54, 1.807) is 18.2 Å². The first-order valence-electron chi connectivity index (χ1n) is 6.62. The topological polar surface area (TPSA) is 38.7 Å². The Labute approximate surface area is 141 Å². The Hall–Kier alpha value is -2.11. The first-order chi connectivity index (χ1) is 11.0. The van der Waals surface area contributed by atoms with Crippen molar-refractivity contribution in [1.29, 1.82) is 0 Å². The van der Waals surface area contributed by atoms with Crippen LogP contribution < -0.4 is 0 Å². The number of rotatable bonds is 3. The molecule has 0 aliphatic rings. The second kappa shape index (κ2) is 6.56. The van der Waals surface area contributed by atoms with Crippen LogP contribution in [0.15, 0.2) is 42.6 Å². The molecule has 0 atom stereocenters. The molecule has 3 rings (SSSR count). The zero-order valence-electron chi connectivity index (χ0n) is 11.6. The van der Waals surface area contributed by atoms with Crippen molar-refractivity contribution in [2.45, 2.75) is 6.42 Å². The van der Waals surface area contributed by atoms with Gasteiger partial charge in [0.1, 0.15) is 27.6 Å². The highest BCUT2D eigenvalue weighted by Crippen LogP contribution is 2.27. The molecule has 3 nitrogen and oxygen atoms in total. The van der Waals surface area contributed by atoms with Gasteiger partial charge >= 0.3 is 0 Å². The fourth-order valence-electron chi connectivity index (χ4n) is 2.03. The highest BCUT2D eigenvalue weighted by molar-refractivity contribution is 6.34. The standard InChI is InChI=1S/C16H9Cl2F2N3/c17-14-11(7-9-3-1-2-4-12(9)20)15(18)23-16(22-14)13-6-5-10(19)8-21-13/h1-6,8H,7H2. The van der Waals surface area contributed by atoms with Crippen LogP contribution in [0.3, 0.4) is 0 Å². The van der Waals surface area contributed by atoms with Crippen LogP contribution in [0, 0.1) is 11.6 Å². The van der Waals surface area contributed by atoms with E-state index in [0.29, 0.717) is 16.8 Å². The second-order valence-electron chi connectivity index (χ2n) is 4.74. The molecule has 0 saturated heterocycles. The predicted octanol–water partition coefficient (Wildman–Crippen LogP) is 4.71. The van der Waals surface area contributed by atoms with E-state index < -0.39 is 5.82 Å². The number of benzene rings is 1. The Bertz CT molecular complexity index is 831. The fourth-order valence-corrected chi connectivity index (χ4v) is 2.55. The average molecular weight is 352 g/mol. The summed E-state index contributed by atoms with van der Waals surface area (Å²) in [6.45, 7) is 0. The van der Waals surface area contributed by atoms with Crippen molar-refractivity contribution in [1.82, 2.24) is 15.0 Å². The second-order valence-corrected chi connectivity index (χ2v) is 5.45. The van der Waals surface area contributed by atoms with Gasteiger partial charge in [-0.05, 0) is 23.8 Å². The van der Waals surface area contributed by atoms with Gasteiger partial charge in [-0.15, -0.1) is 0 Å². The molecule has 23 heavy (non-hydrogen) atoms. The summed E-state index contributed by atoms with van der Waals surface area (Å²) in [5, 5.41) is 0.212. The molecule has 7 heteroatoms. The van der Waals surface area contributed by atoms with E-state index >= 15 is 0 Å². The maximum Gasteiger partial charge on any atom is 0.181 e. The first-order valence-corrected chi connectivity index (χ1v) is 7.37. The van der Waals surface area contributed by atoms with Crippen LogP contribution in [0.1, 0.15) is 11.1 Å². The number of pyridine rings is 1. The van der Waals surface area contributed by atoms with Gasteiger partial charge in [0.05, 0.1) is 6.20 Å². The van der Waals surface area contributed by atoms with E-state index in [9.17, 15) is 8.78 Å². The summed E-state index contributed by atoms with van der Waals surface area (Å²) < 4.78 is 26.7. The van der Waals surface area contributed by atoms with Crippen molar-refractivity contribution in [2.75, 3.05) is 0 Å². The molecule has 0 saturated carbocycles. The Kier molecular flexibility index (Phi) is 4.50. The van der Waals surface area contributed by atoms with Crippen molar-refractivity contribution >= 4 is 23.2 Å². The van der Waals surface area contributed by atoms with E-state index in [1.165, 1.54) is 18.2 Å². The Morgan fingerprint density at radius 2 is 1.61 bits per heavy atom. The SMILES string of the molecule is Fc1ccc(-c2nc(Cl)c(Cc3ccccc3F)c(Cl)n2)nc1. The van der Waals surface area contributed by atoms with Gasteiger partial charge in [-0.2, -0.15) is 0 Å². The van der Waals surface area contributed by atoms with Crippen LogP contribution in [0.2, 0.25) is 10.3 Å². The Morgan fingerprint density at radius 1 is 0.913 bits per heavy atom. The van der Waals surface area contributed by atoms with Crippen LogP contribution in [0.5, 0.6) is 0 Å². The van der Waals surface area contributed by atoms with Gasteiger partial charge in [-0.3, -0.25) is 0 Å². The van der Waals surface area contributed by atoms with Gasteiger partial charge in [0, 0.05) is 12.0 Å². The van der Waals surface area contributed by atoms with Gasteiger partial charge in [0.2, 0.25) is 0 Å². The molecule has 0 amide bonds. The molecule has 0 radical (unpaired) electrons. The molecule has 0 N–H and O–H groups in total. The van der Waals surface area contributed by atoms with Gasteiger partial charge in [0.25, 0.3) is 0 Å². The zero-order valence-corrected chi connectivity index (χ0v) is 13.1. The van der Waals surface area contributed by atoms with Gasteiger partial charge in [-0.25, -0.2) is 23.7 Å². The summed E-state index contributed by atoms with van der Waals surface area (Å²) in [4.78, 5) is 12.1. The summed E-state index contributed by atoms with van der Waals surface area (Å²) >= 11 is 12.3. The van der Waals surface area contributed by atoms with Gasteiger partial charge in [-0.1, -0.05) is 41.4 Å². The highest BCUT2D eigenvalue weighted by atomic mass is 35.5. The van der Waals surface area contributed by atoms with Gasteiger partial charge < -0.3 is 0 Å². The third-order valence-corrected chi connectivity index (χ3v) is 3.81. The van der Waals surface area contributed by atoms with Crippen LogP contribution in [-0.4, -0.2) is 15.0 Å². The van der Waals surface area contributed by atoms with E-state index in [0.717, 1.165) is 6.20 Å². The molecule has 2 aromatic heterocycles. The minimum Gasteiger partial charge on any atom is -0.250 e. The molecule has 0 spiro atoms. The van der Waals surface area contributed by atoms with E-state index in [4.69, 9.17) is 23.2 Å². The predicted molar refractivity (Wildman–Crippen MR) is 84.4 cm³/mol. The summed E-state index contributed by atoms with van der Waals surface area (Å²) in [6, 6.07) is 8.97. The molecule has 0 bridgehead atoms. The molecular weight excluding hydrogens is 343 g/mol. The average Bonchev–Trinajstić information content (AvgIpc) is 2.53. The van der Waals surface area contributed by atoms with Crippen molar-refractivity contribution in [3.8, 4) is 11.5 Å². The summed E-state index contributed by atoms with van der Waals surface area (Å²) in [5.74, 6) is -0.650. The normalized spacial score (nSPS) is 10.8. The first kappa shape index (κ1) is 15.8. The van der Waals surface area contributed by atoms with Crippen LogP contribution >= 0.6 is 23.2 Å². The summed E-state index contributed by atoms with van der Waals surface area (Å²) in [7, 11) is 0. The van der Waals surface area contributed by atoms with Crippen LogP contribution in [0.4, 0.5) is 8.78 Å². The van der Waals surface area contributed by atoms with Crippen LogP contribution in [0.25, 0.3) is 11.5 Å². The van der Waals surface area contributed by atoms with E-state index in [2.05, 4.69) is 15.0 Å². The summed E-state index contributed by atoms with van der Waals surface area (Å²) in [5.41, 5.74) is 1.20. The third-order valence-electron chi connectivity index (χ3n) is 3.19.